The Hall–Kier alpha value is -1.06. The zero-order valence-electron chi connectivity index (χ0n) is 10.5. The van der Waals surface area contributed by atoms with Crippen LogP contribution in [0, 0.1) is 5.41 Å². The molecule has 0 amide bonds. The largest absolute Gasteiger partial charge is 0.496 e. The summed E-state index contributed by atoms with van der Waals surface area (Å²) in [5, 5.41) is 0. The summed E-state index contributed by atoms with van der Waals surface area (Å²) in [7, 11) is 1.65. The highest BCUT2D eigenvalue weighted by molar-refractivity contribution is 5.37. The second kappa shape index (κ2) is 5.32. The van der Waals surface area contributed by atoms with E-state index >= 15 is 0 Å². The van der Waals surface area contributed by atoms with Gasteiger partial charge >= 0.3 is 0 Å². The molecule has 0 saturated carbocycles. The van der Waals surface area contributed by atoms with Gasteiger partial charge in [-0.1, -0.05) is 26.8 Å². The van der Waals surface area contributed by atoms with Gasteiger partial charge in [-0.15, -0.1) is 0 Å². The molecule has 0 radical (unpaired) electrons. The molecule has 0 heterocycles. The van der Waals surface area contributed by atoms with Gasteiger partial charge in [-0.05, 0) is 29.5 Å². The van der Waals surface area contributed by atoms with Crippen molar-refractivity contribution in [2.45, 2.75) is 33.8 Å². The van der Waals surface area contributed by atoms with Crippen molar-refractivity contribution < 1.29 is 9.57 Å². The van der Waals surface area contributed by atoms with Crippen molar-refractivity contribution in [3.63, 3.8) is 0 Å². The van der Waals surface area contributed by atoms with Gasteiger partial charge in [0.25, 0.3) is 0 Å². The van der Waals surface area contributed by atoms with E-state index in [4.69, 9.17) is 10.6 Å². The van der Waals surface area contributed by atoms with E-state index in [1.165, 1.54) is 5.56 Å². The first kappa shape index (κ1) is 13.0. The van der Waals surface area contributed by atoms with Crippen molar-refractivity contribution in [1.29, 1.82) is 0 Å². The van der Waals surface area contributed by atoms with Crippen molar-refractivity contribution in [3.8, 4) is 5.75 Å². The molecule has 0 spiro atoms. The van der Waals surface area contributed by atoms with E-state index in [9.17, 15) is 0 Å². The molecule has 1 rings (SSSR count). The fourth-order valence-corrected chi connectivity index (χ4v) is 1.76. The molecule has 2 N–H and O–H groups in total. The van der Waals surface area contributed by atoms with Gasteiger partial charge in [0.2, 0.25) is 0 Å². The lowest BCUT2D eigenvalue weighted by molar-refractivity contribution is 0.122. The molecule has 0 aliphatic rings. The van der Waals surface area contributed by atoms with Crippen LogP contribution in [-0.2, 0) is 17.9 Å². The van der Waals surface area contributed by atoms with Crippen molar-refractivity contribution in [2.75, 3.05) is 7.11 Å². The summed E-state index contributed by atoms with van der Waals surface area (Å²) in [6, 6.07) is 6.15. The lowest BCUT2D eigenvalue weighted by atomic mass is 9.87. The smallest absolute Gasteiger partial charge is 0.124 e. The molecular formula is C13H21NO2. The Morgan fingerprint density at radius 1 is 1.25 bits per heavy atom. The minimum atomic E-state index is 0.273. The number of ether oxygens (including phenoxy) is 1. The van der Waals surface area contributed by atoms with Gasteiger partial charge in [0.05, 0.1) is 13.7 Å². The standard InChI is InChI=1S/C13H21NO2/c1-13(2,3)8-10-5-6-12(15-4)11(7-10)9-16-14/h5-7H,8-9,14H2,1-4H3. The van der Waals surface area contributed by atoms with Crippen LogP contribution in [0.1, 0.15) is 31.9 Å². The van der Waals surface area contributed by atoms with E-state index in [1.54, 1.807) is 7.11 Å². The fourth-order valence-electron chi connectivity index (χ4n) is 1.76. The number of methoxy groups -OCH3 is 1. The molecule has 0 bridgehead atoms. The summed E-state index contributed by atoms with van der Waals surface area (Å²) < 4.78 is 5.25. The molecule has 3 nitrogen and oxygen atoms in total. The van der Waals surface area contributed by atoms with Gasteiger partial charge < -0.3 is 4.74 Å². The maximum absolute atomic E-state index is 5.25. The molecule has 0 aliphatic heterocycles. The molecule has 90 valence electrons. The Morgan fingerprint density at radius 2 is 1.94 bits per heavy atom. The van der Waals surface area contributed by atoms with Crippen LogP contribution < -0.4 is 10.6 Å². The minimum Gasteiger partial charge on any atom is -0.496 e. The molecule has 0 aliphatic carbocycles. The monoisotopic (exact) mass is 223 g/mol. The highest BCUT2D eigenvalue weighted by Crippen LogP contribution is 2.25. The van der Waals surface area contributed by atoms with E-state index in [2.05, 4.69) is 37.7 Å². The zero-order valence-corrected chi connectivity index (χ0v) is 10.5. The van der Waals surface area contributed by atoms with Crippen LogP contribution in [0.25, 0.3) is 0 Å². The molecule has 16 heavy (non-hydrogen) atoms. The van der Waals surface area contributed by atoms with E-state index in [0.29, 0.717) is 6.61 Å². The zero-order chi connectivity index (χ0) is 12.2. The van der Waals surface area contributed by atoms with Gasteiger partial charge in [0.1, 0.15) is 5.75 Å². The predicted molar refractivity (Wildman–Crippen MR) is 65.1 cm³/mol. The molecule has 3 heteroatoms. The second-order valence-corrected chi connectivity index (χ2v) is 5.19. The van der Waals surface area contributed by atoms with Crippen LogP contribution in [0.15, 0.2) is 18.2 Å². The van der Waals surface area contributed by atoms with Crippen molar-refractivity contribution in [2.24, 2.45) is 11.3 Å². The first-order chi connectivity index (χ1) is 7.46. The van der Waals surface area contributed by atoms with E-state index < -0.39 is 0 Å². The SMILES string of the molecule is COc1ccc(CC(C)(C)C)cc1CON. The van der Waals surface area contributed by atoms with Crippen LogP contribution in [0.3, 0.4) is 0 Å². The average Bonchev–Trinajstić information content (AvgIpc) is 2.16. The Balaban J connectivity index is 2.93. The lowest BCUT2D eigenvalue weighted by Crippen LogP contribution is -2.10. The van der Waals surface area contributed by atoms with E-state index in [0.717, 1.165) is 17.7 Å². The summed E-state index contributed by atoms with van der Waals surface area (Å²) in [6.45, 7) is 7.03. The lowest BCUT2D eigenvalue weighted by Gasteiger charge is -2.19. The second-order valence-electron chi connectivity index (χ2n) is 5.19. The third-order valence-corrected chi connectivity index (χ3v) is 2.32. The van der Waals surface area contributed by atoms with Crippen LogP contribution >= 0.6 is 0 Å². The number of hydrogen-bond donors (Lipinski definition) is 1. The highest BCUT2D eigenvalue weighted by atomic mass is 16.6. The Kier molecular flexibility index (Phi) is 4.33. The van der Waals surface area contributed by atoms with Gasteiger partial charge in [-0.25, -0.2) is 5.90 Å². The first-order valence-electron chi connectivity index (χ1n) is 5.44. The molecular weight excluding hydrogens is 202 g/mol. The average molecular weight is 223 g/mol. The van der Waals surface area contributed by atoms with Gasteiger partial charge in [-0.2, -0.15) is 0 Å². The number of hydrogen-bond acceptors (Lipinski definition) is 3. The van der Waals surface area contributed by atoms with Crippen molar-refractivity contribution in [3.05, 3.63) is 29.3 Å². The van der Waals surface area contributed by atoms with Crippen molar-refractivity contribution in [1.82, 2.24) is 0 Å². The fraction of sp³-hybridized carbons (Fsp3) is 0.538. The quantitative estimate of drug-likeness (QED) is 0.798. The van der Waals surface area contributed by atoms with Crippen LogP contribution in [-0.4, -0.2) is 7.11 Å². The third kappa shape index (κ3) is 3.83. The molecule has 0 saturated heterocycles. The van der Waals surface area contributed by atoms with Crippen LogP contribution in [0.4, 0.5) is 0 Å². The summed E-state index contributed by atoms with van der Waals surface area (Å²) >= 11 is 0. The molecule has 1 aromatic rings. The summed E-state index contributed by atoms with van der Waals surface area (Å²) in [5.74, 6) is 5.93. The van der Waals surface area contributed by atoms with Gasteiger partial charge in [0, 0.05) is 5.56 Å². The molecule has 0 atom stereocenters. The third-order valence-electron chi connectivity index (χ3n) is 2.32. The maximum Gasteiger partial charge on any atom is 0.124 e. The summed E-state index contributed by atoms with van der Waals surface area (Å²) in [6.07, 6.45) is 1.02. The molecule has 0 fully saturated rings. The minimum absolute atomic E-state index is 0.273. The van der Waals surface area contributed by atoms with Crippen LogP contribution in [0.2, 0.25) is 0 Å². The summed E-state index contributed by atoms with van der Waals surface area (Å²) in [4.78, 5) is 4.68. The highest BCUT2D eigenvalue weighted by Gasteiger charge is 2.13. The number of benzene rings is 1. The predicted octanol–water partition coefficient (Wildman–Crippen LogP) is 2.67. The van der Waals surface area contributed by atoms with E-state index in [1.807, 2.05) is 6.07 Å². The van der Waals surface area contributed by atoms with Crippen LogP contribution in [0.5, 0.6) is 5.75 Å². The first-order valence-corrected chi connectivity index (χ1v) is 5.44. The number of rotatable bonds is 4. The number of nitrogens with two attached hydrogens (primary N) is 1. The Morgan fingerprint density at radius 3 is 2.44 bits per heavy atom. The van der Waals surface area contributed by atoms with Gasteiger partial charge in [0.15, 0.2) is 0 Å². The normalized spacial score (nSPS) is 11.6. The maximum atomic E-state index is 5.25. The van der Waals surface area contributed by atoms with Gasteiger partial charge in [-0.3, -0.25) is 4.84 Å². The van der Waals surface area contributed by atoms with Crippen molar-refractivity contribution >= 4 is 0 Å². The Labute approximate surface area is 97.5 Å². The molecule has 0 unspecified atom stereocenters. The summed E-state index contributed by atoms with van der Waals surface area (Å²) in [5.41, 5.74) is 2.54. The topological polar surface area (TPSA) is 44.5 Å². The van der Waals surface area contributed by atoms with E-state index in [-0.39, 0.29) is 5.41 Å². The Bertz CT molecular complexity index is 342. The molecule has 0 aromatic heterocycles. The molecule has 1 aromatic carbocycles.